The number of halogens is 2. The highest BCUT2D eigenvalue weighted by atomic mass is 35.5. The predicted octanol–water partition coefficient (Wildman–Crippen LogP) is 3.96. The van der Waals surface area contributed by atoms with Gasteiger partial charge in [-0.05, 0) is 26.8 Å². The van der Waals surface area contributed by atoms with E-state index in [0.29, 0.717) is 12.1 Å². The number of hydrogen-bond acceptors (Lipinski definition) is 4. The van der Waals surface area contributed by atoms with Gasteiger partial charge in [-0.2, -0.15) is 5.10 Å². The lowest BCUT2D eigenvalue weighted by Gasteiger charge is -2.34. The molecule has 1 atom stereocenters. The van der Waals surface area contributed by atoms with Gasteiger partial charge in [-0.1, -0.05) is 30.3 Å². The molecular weight excluding hydrogens is 409 g/mol. The average molecular weight is 436 g/mol. The monoisotopic (exact) mass is 435 g/mol. The van der Waals surface area contributed by atoms with Crippen LogP contribution in [0.3, 0.4) is 0 Å². The van der Waals surface area contributed by atoms with Crippen molar-refractivity contribution in [2.45, 2.75) is 32.9 Å². The summed E-state index contributed by atoms with van der Waals surface area (Å²) in [6.07, 6.45) is 1.78. The molecule has 1 aliphatic rings. The molecule has 2 aromatic heterocycles. The first kappa shape index (κ1) is 23.1. The molecule has 4 rings (SSSR count). The van der Waals surface area contributed by atoms with E-state index in [0.717, 1.165) is 35.4 Å². The van der Waals surface area contributed by atoms with Crippen molar-refractivity contribution in [2.24, 2.45) is 0 Å². The third kappa shape index (κ3) is 4.39. The number of aromatic nitrogens is 3. The van der Waals surface area contributed by atoms with Gasteiger partial charge in [-0.25, -0.2) is 9.67 Å². The molecule has 1 saturated heterocycles. The topological polar surface area (TPSA) is 63.1 Å². The second kappa shape index (κ2) is 9.57. The first-order chi connectivity index (χ1) is 13.1. The van der Waals surface area contributed by atoms with Crippen molar-refractivity contribution in [3.05, 3.63) is 48.2 Å². The second-order valence-electron chi connectivity index (χ2n) is 7.39. The largest absolute Gasteiger partial charge is 0.333 e. The van der Waals surface area contributed by atoms with Crippen LogP contribution >= 0.6 is 24.8 Å². The van der Waals surface area contributed by atoms with E-state index in [9.17, 15) is 4.79 Å². The number of hydrogen-bond donors (Lipinski definition) is 1. The number of carbonyl (C=O) groups is 1. The predicted molar refractivity (Wildman–Crippen MR) is 121 cm³/mol. The maximum atomic E-state index is 13.4. The molecule has 29 heavy (non-hydrogen) atoms. The van der Waals surface area contributed by atoms with Gasteiger partial charge in [0.05, 0.1) is 22.8 Å². The molecule has 0 spiro atoms. The lowest BCUT2D eigenvalue weighted by atomic mass is 10.0. The third-order valence-electron chi connectivity index (χ3n) is 5.12. The number of fused-ring (bicyclic) bond motifs is 1. The summed E-state index contributed by atoms with van der Waals surface area (Å²) in [5, 5.41) is 8.67. The second-order valence-corrected chi connectivity index (χ2v) is 7.39. The zero-order chi connectivity index (χ0) is 19.0. The van der Waals surface area contributed by atoms with E-state index >= 15 is 0 Å². The van der Waals surface area contributed by atoms with E-state index in [-0.39, 0.29) is 42.8 Å². The molecule has 3 aromatic rings. The van der Waals surface area contributed by atoms with Crippen molar-refractivity contribution in [1.82, 2.24) is 25.0 Å². The van der Waals surface area contributed by atoms with Gasteiger partial charge in [0.15, 0.2) is 5.65 Å². The quantitative estimate of drug-likeness (QED) is 0.675. The Labute approximate surface area is 183 Å². The smallest absolute Gasteiger partial charge is 0.255 e. The van der Waals surface area contributed by atoms with E-state index in [4.69, 9.17) is 4.98 Å². The summed E-state index contributed by atoms with van der Waals surface area (Å²) in [5.74, 6) is 0.0527. The van der Waals surface area contributed by atoms with Gasteiger partial charge in [0.1, 0.15) is 0 Å². The van der Waals surface area contributed by atoms with Gasteiger partial charge in [-0.3, -0.25) is 4.79 Å². The van der Waals surface area contributed by atoms with Crippen LogP contribution in [0.2, 0.25) is 0 Å². The molecule has 0 bridgehead atoms. The number of nitrogens with one attached hydrogen (secondary N) is 1. The van der Waals surface area contributed by atoms with Crippen LogP contribution in [0.4, 0.5) is 0 Å². The third-order valence-corrected chi connectivity index (χ3v) is 5.12. The first-order valence-corrected chi connectivity index (χ1v) is 9.51. The van der Waals surface area contributed by atoms with Gasteiger partial charge < -0.3 is 10.2 Å². The Bertz CT molecular complexity index is 974. The zero-order valence-electron chi connectivity index (χ0n) is 16.8. The fourth-order valence-electron chi connectivity index (χ4n) is 3.63. The highest BCUT2D eigenvalue weighted by molar-refractivity contribution is 6.06. The molecule has 0 unspecified atom stereocenters. The summed E-state index contributed by atoms with van der Waals surface area (Å²) in [6, 6.07) is 12.2. The molecule has 1 fully saturated rings. The van der Waals surface area contributed by atoms with E-state index in [1.165, 1.54) is 0 Å². The summed E-state index contributed by atoms with van der Waals surface area (Å²) in [7, 11) is 0. The Kier molecular flexibility index (Phi) is 7.63. The van der Waals surface area contributed by atoms with Crippen molar-refractivity contribution < 1.29 is 4.79 Å². The van der Waals surface area contributed by atoms with Crippen LogP contribution in [0.1, 0.15) is 37.2 Å². The Balaban J connectivity index is 0.00000150. The molecular formula is C21H27Cl2N5O. The maximum absolute atomic E-state index is 13.4. The van der Waals surface area contributed by atoms with E-state index in [1.807, 2.05) is 46.0 Å². The van der Waals surface area contributed by atoms with Crippen LogP contribution in [0.5, 0.6) is 0 Å². The van der Waals surface area contributed by atoms with Crippen molar-refractivity contribution >= 4 is 41.8 Å². The lowest BCUT2D eigenvalue weighted by molar-refractivity contribution is 0.0658. The highest BCUT2D eigenvalue weighted by Gasteiger charge is 2.27. The van der Waals surface area contributed by atoms with Crippen molar-refractivity contribution in [3.63, 3.8) is 0 Å². The van der Waals surface area contributed by atoms with Gasteiger partial charge in [0, 0.05) is 37.3 Å². The van der Waals surface area contributed by atoms with Crippen LogP contribution < -0.4 is 5.32 Å². The first-order valence-electron chi connectivity index (χ1n) is 9.51. The zero-order valence-corrected chi connectivity index (χ0v) is 18.5. The number of rotatable bonds is 3. The molecule has 1 amide bonds. The van der Waals surface area contributed by atoms with Crippen LogP contribution in [0, 0.1) is 0 Å². The Hall–Kier alpha value is -2.15. The summed E-state index contributed by atoms with van der Waals surface area (Å²) < 4.78 is 1.89. The molecule has 3 heterocycles. The Morgan fingerprint density at radius 1 is 1.21 bits per heavy atom. The number of carbonyl (C=O) groups excluding carboxylic acids is 1. The summed E-state index contributed by atoms with van der Waals surface area (Å²) in [5.41, 5.74) is 3.24. The lowest BCUT2D eigenvalue weighted by Crippen LogP contribution is -2.52. The minimum Gasteiger partial charge on any atom is -0.333 e. The van der Waals surface area contributed by atoms with Crippen molar-refractivity contribution in [1.29, 1.82) is 0 Å². The Morgan fingerprint density at radius 2 is 1.93 bits per heavy atom. The van der Waals surface area contributed by atoms with Gasteiger partial charge in [0.2, 0.25) is 0 Å². The SMILES string of the molecule is CC(C)n1ncc2c(C(=O)N3CCNC[C@@H]3C)cc(-c3ccccc3)nc21.Cl.Cl. The van der Waals surface area contributed by atoms with Crippen molar-refractivity contribution in [3.8, 4) is 11.3 Å². The maximum Gasteiger partial charge on any atom is 0.255 e. The average Bonchev–Trinajstić information content (AvgIpc) is 3.12. The summed E-state index contributed by atoms with van der Waals surface area (Å²) >= 11 is 0. The van der Waals surface area contributed by atoms with Crippen molar-refractivity contribution in [2.75, 3.05) is 19.6 Å². The molecule has 1 N–H and O–H groups in total. The molecule has 8 heteroatoms. The van der Waals surface area contributed by atoms with Gasteiger partial charge in [-0.15, -0.1) is 24.8 Å². The molecule has 1 aromatic carbocycles. The minimum absolute atomic E-state index is 0. The normalized spacial score (nSPS) is 16.4. The summed E-state index contributed by atoms with van der Waals surface area (Å²) in [4.78, 5) is 20.2. The number of amides is 1. The van der Waals surface area contributed by atoms with Crippen LogP contribution in [-0.2, 0) is 0 Å². The molecule has 156 valence electrons. The van der Waals surface area contributed by atoms with E-state index in [1.54, 1.807) is 6.20 Å². The summed E-state index contributed by atoms with van der Waals surface area (Å²) in [6.45, 7) is 8.57. The fraction of sp³-hybridized carbons (Fsp3) is 0.381. The standard InChI is InChI=1S/C21H25N5O.2ClH/c1-14(2)26-20-18(13-23-26)17(21(27)25-10-9-22-12-15(25)3)11-19(24-20)16-7-5-4-6-8-16;;/h4-8,11,13-15,22H,9-10,12H2,1-3H3;2*1H/t15-;;/m0../s1. The molecule has 0 saturated carbocycles. The van der Waals surface area contributed by atoms with Crippen LogP contribution in [0.25, 0.3) is 22.3 Å². The number of benzene rings is 1. The van der Waals surface area contributed by atoms with E-state index < -0.39 is 0 Å². The number of pyridine rings is 1. The number of piperazine rings is 1. The van der Waals surface area contributed by atoms with Crippen LogP contribution in [-0.4, -0.2) is 51.2 Å². The minimum atomic E-state index is 0. The number of nitrogens with zero attached hydrogens (tertiary/aromatic N) is 4. The van der Waals surface area contributed by atoms with E-state index in [2.05, 4.69) is 31.2 Å². The van der Waals surface area contributed by atoms with Gasteiger partial charge in [0.25, 0.3) is 5.91 Å². The molecule has 1 aliphatic heterocycles. The molecule has 0 aliphatic carbocycles. The highest BCUT2D eigenvalue weighted by Crippen LogP contribution is 2.27. The van der Waals surface area contributed by atoms with Crippen LogP contribution in [0.15, 0.2) is 42.6 Å². The molecule has 6 nitrogen and oxygen atoms in total. The van der Waals surface area contributed by atoms with Gasteiger partial charge >= 0.3 is 0 Å². The molecule has 0 radical (unpaired) electrons. The Morgan fingerprint density at radius 3 is 2.59 bits per heavy atom. The fourth-order valence-corrected chi connectivity index (χ4v) is 3.63.